The van der Waals surface area contributed by atoms with Crippen LogP contribution in [0.15, 0.2) is 48.8 Å². The fourth-order valence-electron chi connectivity index (χ4n) is 6.54. The summed E-state index contributed by atoms with van der Waals surface area (Å²) in [6, 6.07) is 9.01. The van der Waals surface area contributed by atoms with E-state index in [4.69, 9.17) is 15.5 Å². The number of halogens is 6. The number of aromatic nitrogens is 4. The second-order valence-electron chi connectivity index (χ2n) is 11.2. The first-order valence-corrected chi connectivity index (χ1v) is 13.1. The number of carbonyl (C=O) groups excluding carboxylic acids is 1. The highest BCUT2D eigenvalue weighted by atomic mass is 35.5. The average molecular weight is 623 g/mol. The number of carbonyl (C=O) groups is 1. The quantitative estimate of drug-likeness (QED) is 0.312. The molecule has 1 aliphatic carbocycles. The minimum atomic E-state index is -4.80. The Hall–Kier alpha value is -3.88. The number of benzene rings is 2. The number of rotatable bonds is 4. The van der Waals surface area contributed by atoms with Crippen molar-refractivity contribution in [3.8, 4) is 16.9 Å². The molecule has 43 heavy (non-hydrogen) atoms. The number of fused-ring (bicyclic) bond motifs is 9. The molecule has 1 fully saturated rings. The van der Waals surface area contributed by atoms with Crippen LogP contribution in [-0.4, -0.2) is 60.9 Å². The molecule has 226 valence electrons. The van der Waals surface area contributed by atoms with Crippen molar-refractivity contribution in [3.05, 3.63) is 71.6 Å². The van der Waals surface area contributed by atoms with Gasteiger partial charge in [0.2, 0.25) is 0 Å². The third-order valence-electron chi connectivity index (χ3n) is 8.58. The van der Waals surface area contributed by atoms with Crippen LogP contribution < -0.4 is 10.5 Å². The van der Waals surface area contributed by atoms with E-state index in [-0.39, 0.29) is 35.5 Å². The summed E-state index contributed by atoms with van der Waals surface area (Å²) in [5.41, 5.74) is 4.88. The zero-order chi connectivity index (χ0) is 29.8. The molecule has 1 saturated carbocycles. The molecule has 15 heteroatoms. The van der Waals surface area contributed by atoms with Gasteiger partial charge in [0, 0.05) is 55.4 Å². The van der Waals surface area contributed by atoms with E-state index in [1.54, 1.807) is 30.1 Å². The van der Waals surface area contributed by atoms with Crippen molar-refractivity contribution < 1.29 is 36.6 Å². The van der Waals surface area contributed by atoms with Gasteiger partial charge in [-0.2, -0.15) is 22.0 Å². The predicted octanol–water partition coefficient (Wildman–Crippen LogP) is 4.88. The molecule has 2 aromatic heterocycles. The van der Waals surface area contributed by atoms with Gasteiger partial charge in [-0.25, -0.2) is 15.0 Å². The van der Waals surface area contributed by atoms with E-state index in [0.29, 0.717) is 40.0 Å². The van der Waals surface area contributed by atoms with E-state index >= 15 is 0 Å². The van der Waals surface area contributed by atoms with Gasteiger partial charge in [-0.15, -0.1) is 12.4 Å². The van der Waals surface area contributed by atoms with Crippen LogP contribution in [0.25, 0.3) is 22.2 Å². The van der Waals surface area contributed by atoms with E-state index in [9.17, 15) is 31.9 Å². The first-order chi connectivity index (χ1) is 19.8. The first kappa shape index (κ1) is 29.2. The lowest BCUT2D eigenvalue weighted by atomic mass is 9.64. The molecule has 0 unspecified atom stereocenters. The zero-order valence-electron chi connectivity index (χ0n) is 22.3. The van der Waals surface area contributed by atoms with Gasteiger partial charge >= 0.3 is 12.8 Å². The molecule has 2 bridgehead atoms. The Labute approximate surface area is 246 Å². The second kappa shape index (κ2) is 9.56. The van der Waals surface area contributed by atoms with Gasteiger partial charge in [-0.05, 0) is 29.8 Å². The van der Waals surface area contributed by atoms with Gasteiger partial charge in [0.25, 0.3) is 5.91 Å². The minimum Gasteiger partial charge on any atom is -0.434 e. The molecule has 7 rings (SSSR count). The summed E-state index contributed by atoms with van der Waals surface area (Å²) in [7, 11) is 1.65. The smallest absolute Gasteiger partial charge is 0.417 e. The summed E-state index contributed by atoms with van der Waals surface area (Å²) in [6.45, 7) is -3.08. The Morgan fingerprint density at radius 3 is 2.44 bits per heavy atom. The molecule has 4 aromatic rings. The summed E-state index contributed by atoms with van der Waals surface area (Å²) >= 11 is 0. The monoisotopic (exact) mass is 622 g/mol. The van der Waals surface area contributed by atoms with Crippen LogP contribution >= 0.6 is 12.4 Å². The van der Waals surface area contributed by atoms with E-state index in [1.165, 1.54) is 24.5 Å². The lowest BCUT2D eigenvalue weighted by Gasteiger charge is -2.50. The number of imidazole rings is 1. The van der Waals surface area contributed by atoms with Crippen LogP contribution in [0.2, 0.25) is 0 Å². The van der Waals surface area contributed by atoms with E-state index in [2.05, 4.69) is 9.97 Å². The Kier molecular flexibility index (Phi) is 6.49. The average Bonchev–Trinajstić information content (AvgIpc) is 3.44. The van der Waals surface area contributed by atoms with Crippen molar-refractivity contribution in [2.75, 3.05) is 7.05 Å². The zero-order valence-corrected chi connectivity index (χ0v) is 23.2. The summed E-state index contributed by atoms with van der Waals surface area (Å²) in [6.07, 6.45) is -2.97. The highest BCUT2D eigenvalue weighted by Gasteiger charge is 2.67. The summed E-state index contributed by atoms with van der Waals surface area (Å²) < 4.78 is 72.8. The standard InChI is InChI=1S/C28H23F5N6O3.ClH/c1-38-19-8-18(21-15(23(38)40)3-2-4-20(21)42-25(29)30)39-17-7-13(5-6-16(17)37-22(19)39)14-9-35-24(36-10-14)26(34)11-27(41,12-26)28(31,32)33;/h2-7,9-10,18-19,25,41H,8,11-12,34H2,1H3;1H/t18-,19-,26?,27?;/m1./s1. The molecule has 9 nitrogen and oxygen atoms in total. The van der Waals surface area contributed by atoms with Crippen LogP contribution in [0.1, 0.15) is 58.9 Å². The number of amides is 1. The van der Waals surface area contributed by atoms with Crippen molar-refractivity contribution in [1.82, 2.24) is 24.4 Å². The normalized spacial score (nSPS) is 26.1. The fraction of sp³-hybridized carbons (Fsp3) is 0.357. The third kappa shape index (κ3) is 4.25. The maximum absolute atomic E-state index is 13.3. The largest absolute Gasteiger partial charge is 0.434 e. The molecular formula is C28H24ClF5N6O3. The van der Waals surface area contributed by atoms with Crippen LogP contribution in [-0.2, 0) is 5.54 Å². The molecule has 0 radical (unpaired) electrons. The van der Waals surface area contributed by atoms with Gasteiger partial charge in [-0.3, -0.25) is 4.79 Å². The maximum Gasteiger partial charge on any atom is 0.417 e. The van der Waals surface area contributed by atoms with Gasteiger partial charge < -0.3 is 25.0 Å². The molecule has 2 aromatic carbocycles. The highest BCUT2D eigenvalue weighted by Crippen LogP contribution is 2.53. The molecule has 0 saturated heterocycles. The van der Waals surface area contributed by atoms with Gasteiger partial charge in [-0.1, -0.05) is 12.1 Å². The lowest BCUT2D eigenvalue weighted by molar-refractivity contribution is -0.304. The van der Waals surface area contributed by atoms with Crippen molar-refractivity contribution in [3.63, 3.8) is 0 Å². The van der Waals surface area contributed by atoms with E-state index in [0.717, 1.165) is 0 Å². The van der Waals surface area contributed by atoms with Crippen molar-refractivity contribution in [2.24, 2.45) is 5.73 Å². The molecule has 1 amide bonds. The van der Waals surface area contributed by atoms with Crippen molar-refractivity contribution >= 4 is 29.3 Å². The molecule has 3 aliphatic rings. The molecule has 0 spiro atoms. The third-order valence-corrected chi connectivity index (χ3v) is 8.58. The summed E-state index contributed by atoms with van der Waals surface area (Å²) in [4.78, 5) is 28.1. The lowest BCUT2D eigenvalue weighted by Crippen LogP contribution is -2.66. The van der Waals surface area contributed by atoms with E-state index < -0.39 is 48.9 Å². The highest BCUT2D eigenvalue weighted by molar-refractivity contribution is 5.98. The summed E-state index contributed by atoms with van der Waals surface area (Å²) in [5.74, 6) is 0.215. The number of hydrogen-bond donors (Lipinski definition) is 2. The molecule has 2 atom stereocenters. The number of nitrogens with zero attached hydrogens (tertiary/aromatic N) is 5. The molecular weight excluding hydrogens is 599 g/mol. The summed E-state index contributed by atoms with van der Waals surface area (Å²) in [5, 5.41) is 9.83. The van der Waals surface area contributed by atoms with Crippen molar-refractivity contribution in [1.29, 1.82) is 0 Å². The first-order valence-electron chi connectivity index (χ1n) is 13.1. The number of aliphatic hydroxyl groups is 1. The van der Waals surface area contributed by atoms with E-state index in [1.807, 2.05) is 10.6 Å². The second-order valence-corrected chi connectivity index (χ2v) is 11.2. The number of alkyl halides is 5. The Bertz CT molecular complexity index is 1760. The Morgan fingerprint density at radius 2 is 1.79 bits per heavy atom. The molecule has 2 aliphatic heterocycles. The molecule has 4 heterocycles. The predicted molar refractivity (Wildman–Crippen MR) is 145 cm³/mol. The Balaban J connectivity index is 0.00000329. The fourth-order valence-corrected chi connectivity index (χ4v) is 6.54. The van der Waals surface area contributed by atoms with Crippen LogP contribution in [0.4, 0.5) is 22.0 Å². The Morgan fingerprint density at radius 1 is 1.09 bits per heavy atom. The number of hydrogen-bond acceptors (Lipinski definition) is 7. The number of ether oxygens (including phenoxy) is 1. The molecule has 3 N–H and O–H groups in total. The van der Waals surface area contributed by atoms with Crippen LogP contribution in [0.3, 0.4) is 0 Å². The van der Waals surface area contributed by atoms with Gasteiger partial charge in [0.15, 0.2) is 5.60 Å². The SMILES string of the molecule is CN1C(=O)c2cccc(OC(F)F)c2[C@H]2C[C@@H]1c1nc3ccc(-c4cnc(C5(N)CC(O)(C(F)(F)F)C5)nc4)cc3n12.Cl. The topological polar surface area (TPSA) is 119 Å². The minimum absolute atomic E-state index is 0. The van der Waals surface area contributed by atoms with Crippen LogP contribution in [0, 0.1) is 0 Å². The van der Waals surface area contributed by atoms with Crippen molar-refractivity contribution in [2.45, 2.75) is 55.3 Å². The van der Waals surface area contributed by atoms with Gasteiger partial charge in [0.1, 0.15) is 17.4 Å². The number of nitrogens with two attached hydrogens (primary N) is 1. The van der Waals surface area contributed by atoms with Gasteiger partial charge in [0.05, 0.1) is 28.7 Å². The maximum atomic E-state index is 13.3. The van der Waals surface area contributed by atoms with Crippen LogP contribution in [0.5, 0.6) is 5.75 Å².